The summed E-state index contributed by atoms with van der Waals surface area (Å²) < 4.78 is 12.8. The Balaban J connectivity index is 1.40. The fourth-order valence-electron chi connectivity index (χ4n) is 5.28. The summed E-state index contributed by atoms with van der Waals surface area (Å²) in [5.41, 5.74) is 6.88. The fourth-order valence-corrected chi connectivity index (χ4v) is 6.67. The number of nitrogens with one attached hydrogen (secondary N) is 1. The van der Waals surface area contributed by atoms with E-state index in [0.717, 1.165) is 53.6 Å². The molecule has 1 saturated heterocycles. The number of rotatable bonds is 2. The molecular weight excluding hydrogens is 454 g/mol. The molecule has 3 aliphatic heterocycles. The number of carbonyl (C=O) groups is 1. The molecular formula is C21H26BrN3O3S. The lowest BCUT2D eigenvalue weighted by molar-refractivity contribution is -0.129. The summed E-state index contributed by atoms with van der Waals surface area (Å²) in [6, 6.07) is 6.33. The maximum absolute atomic E-state index is 12.8. The highest BCUT2D eigenvalue weighted by Gasteiger charge is 2.54. The van der Waals surface area contributed by atoms with Crippen LogP contribution in [-0.2, 0) is 15.1 Å². The van der Waals surface area contributed by atoms with Gasteiger partial charge in [-0.1, -0.05) is 27.7 Å². The Morgan fingerprint density at radius 2 is 2.10 bits per heavy atom. The molecule has 8 heteroatoms. The van der Waals surface area contributed by atoms with Crippen molar-refractivity contribution in [2.75, 3.05) is 19.0 Å². The molecule has 6 nitrogen and oxygen atoms in total. The highest BCUT2D eigenvalue weighted by molar-refractivity contribution is 9.10. The van der Waals surface area contributed by atoms with Gasteiger partial charge < -0.3 is 20.5 Å². The lowest BCUT2D eigenvalue weighted by atomic mass is 9.67. The number of ether oxygens (including phenoxy) is 2. The number of nitrogens with two attached hydrogens (primary N) is 1. The van der Waals surface area contributed by atoms with Gasteiger partial charge in [-0.25, -0.2) is 4.99 Å². The molecule has 5 rings (SSSR count). The van der Waals surface area contributed by atoms with Crippen molar-refractivity contribution in [2.45, 2.75) is 49.8 Å². The van der Waals surface area contributed by atoms with E-state index in [-0.39, 0.29) is 35.4 Å². The van der Waals surface area contributed by atoms with Crippen LogP contribution in [0.4, 0.5) is 0 Å². The first-order valence-corrected chi connectivity index (χ1v) is 12.2. The van der Waals surface area contributed by atoms with Crippen molar-refractivity contribution < 1.29 is 14.3 Å². The van der Waals surface area contributed by atoms with Crippen molar-refractivity contribution in [3.8, 4) is 5.75 Å². The van der Waals surface area contributed by atoms with E-state index in [2.05, 4.69) is 27.3 Å². The molecule has 1 spiro atoms. The largest absolute Gasteiger partial charge is 0.490 e. The van der Waals surface area contributed by atoms with E-state index in [4.69, 9.17) is 20.2 Å². The van der Waals surface area contributed by atoms with E-state index in [1.165, 1.54) is 0 Å². The minimum Gasteiger partial charge on any atom is -0.490 e. The summed E-state index contributed by atoms with van der Waals surface area (Å²) in [5, 5.41) is 3.97. The number of thioether (sulfide) groups is 1. The van der Waals surface area contributed by atoms with Crippen LogP contribution in [0.2, 0.25) is 0 Å². The Hall–Kier alpha value is -1.25. The molecule has 1 aromatic carbocycles. The average Bonchev–Trinajstić information content (AvgIpc) is 3.12. The lowest BCUT2D eigenvalue weighted by Gasteiger charge is -2.48. The molecule has 0 bridgehead atoms. The van der Waals surface area contributed by atoms with Gasteiger partial charge in [0.2, 0.25) is 5.91 Å². The first-order valence-electron chi connectivity index (χ1n) is 10.4. The van der Waals surface area contributed by atoms with Gasteiger partial charge in [0.1, 0.15) is 17.4 Å². The summed E-state index contributed by atoms with van der Waals surface area (Å²) in [7, 11) is 0. The third-order valence-electron chi connectivity index (χ3n) is 6.77. The highest BCUT2D eigenvalue weighted by atomic mass is 79.9. The lowest BCUT2D eigenvalue weighted by Crippen LogP contribution is -2.54. The molecule has 0 radical (unpaired) electrons. The van der Waals surface area contributed by atoms with Crippen LogP contribution in [0, 0.1) is 11.8 Å². The van der Waals surface area contributed by atoms with E-state index in [9.17, 15) is 4.79 Å². The monoisotopic (exact) mass is 479 g/mol. The first kappa shape index (κ1) is 19.7. The highest BCUT2D eigenvalue weighted by Crippen LogP contribution is 2.54. The molecule has 0 aromatic heterocycles. The summed E-state index contributed by atoms with van der Waals surface area (Å²) in [6.07, 6.45) is 4.45. The number of nitrogens with zero attached hydrogens (tertiary/aromatic N) is 1. The Labute approximate surface area is 183 Å². The van der Waals surface area contributed by atoms with Crippen LogP contribution in [0.3, 0.4) is 0 Å². The summed E-state index contributed by atoms with van der Waals surface area (Å²) in [6.45, 7) is 1.36. The van der Waals surface area contributed by atoms with E-state index in [1.807, 2.05) is 12.1 Å². The molecule has 1 aromatic rings. The van der Waals surface area contributed by atoms with E-state index < -0.39 is 0 Å². The minimum atomic E-state index is -0.376. The van der Waals surface area contributed by atoms with Crippen LogP contribution in [0.25, 0.3) is 0 Å². The van der Waals surface area contributed by atoms with E-state index in [0.29, 0.717) is 18.4 Å². The molecule has 4 aliphatic rings. The van der Waals surface area contributed by atoms with Gasteiger partial charge in [-0.05, 0) is 50.3 Å². The van der Waals surface area contributed by atoms with Crippen LogP contribution in [0.15, 0.2) is 27.7 Å². The predicted octanol–water partition coefficient (Wildman–Crippen LogP) is 3.18. The van der Waals surface area contributed by atoms with Gasteiger partial charge in [0.25, 0.3) is 0 Å². The number of halogens is 1. The van der Waals surface area contributed by atoms with Crippen molar-refractivity contribution in [1.82, 2.24) is 5.32 Å². The Morgan fingerprint density at radius 1 is 1.28 bits per heavy atom. The summed E-state index contributed by atoms with van der Waals surface area (Å²) in [5.74, 6) is 2.19. The second-order valence-corrected chi connectivity index (χ2v) is 10.4. The molecule has 2 fully saturated rings. The quantitative estimate of drug-likeness (QED) is 0.679. The van der Waals surface area contributed by atoms with Gasteiger partial charge >= 0.3 is 0 Å². The van der Waals surface area contributed by atoms with Crippen molar-refractivity contribution in [3.63, 3.8) is 0 Å². The maximum Gasteiger partial charge on any atom is 0.223 e. The second-order valence-electron chi connectivity index (χ2n) is 8.47. The number of carbonyl (C=O) groups excluding carboxylic acids is 1. The number of fused-ring (bicyclic) bond motifs is 4. The van der Waals surface area contributed by atoms with Crippen molar-refractivity contribution in [3.05, 3.63) is 28.2 Å². The molecule has 1 amide bonds. The van der Waals surface area contributed by atoms with Gasteiger partial charge in [-0.2, -0.15) is 0 Å². The SMILES string of the molecule is NC1=NC2(CS1)c1cc(Br)ccc1OC1CCC(NC(=O)C3CCOCC3)CC12. The number of hydrogen-bond acceptors (Lipinski definition) is 6. The molecule has 4 unspecified atom stereocenters. The molecule has 4 atom stereocenters. The Morgan fingerprint density at radius 3 is 2.86 bits per heavy atom. The first-order chi connectivity index (χ1) is 14.0. The molecule has 29 heavy (non-hydrogen) atoms. The van der Waals surface area contributed by atoms with Gasteiger partial charge in [0.05, 0.1) is 0 Å². The van der Waals surface area contributed by atoms with Crippen molar-refractivity contribution >= 4 is 38.8 Å². The maximum atomic E-state index is 12.8. The minimum absolute atomic E-state index is 0.0745. The van der Waals surface area contributed by atoms with Gasteiger partial charge in [-0.3, -0.25) is 4.79 Å². The van der Waals surface area contributed by atoms with Crippen LogP contribution in [-0.4, -0.2) is 42.2 Å². The summed E-state index contributed by atoms with van der Waals surface area (Å²) >= 11 is 5.22. The smallest absolute Gasteiger partial charge is 0.223 e. The number of hydrogen-bond donors (Lipinski definition) is 2. The van der Waals surface area contributed by atoms with Crippen molar-refractivity contribution in [2.24, 2.45) is 22.6 Å². The van der Waals surface area contributed by atoms with Crippen molar-refractivity contribution in [1.29, 1.82) is 0 Å². The topological polar surface area (TPSA) is 85.9 Å². The van der Waals surface area contributed by atoms with Crippen LogP contribution in [0.1, 0.15) is 37.7 Å². The number of amides is 1. The normalized spacial score (nSPS) is 34.1. The zero-order valence-corrected chi connectivity index (χ0v) is 18.6. The van der Waals surface area contributed by atoms with Gasteiger partial charge in [0.15, 0.2) is 5.17 Å². The average molecular weight is 480 g/mol. The Kier molecular flexibility index (Phi) is 5.28. The third kappa shape index (κ3) is 3.57. The molecule has 1 aliphatic carbocycles. The Bertz CT molecular complexity index is 844. The van der Waals surface area contributed by atoms with E-state index in [1.54, 1.807) is 11.8 Å². The standard InChI is InChI=1S/C21H26BrN3O3S/c22-13-1-3-17-15(9-13)21(11-29-20(23)25-21)16-10-14(2-4-18(16)28-17)24-19(26)12-5-7-27-8-6-12/h1,3,9,12,14,16,18H,2,4-8,10-11H2,(H2,23,25)(H,24,26). The second kappa shape index (κ2) is 7.78. The molecule has 156 valence electrons. The van der Waals surface area contributed by atoms with Crippen LogP contribution < -0.4 is 15.8 Å². The predicted molar refractivity (Wildman–Crippen MR) is 117 cm³/mol. The van der Waals surface area contributed by atoms with Gasteiger partial charge in [0, 0.05) is 46.9 Å². The molecule has 3 N–H and O–H groups in total. The number of benzene rings is 1. The van der Waals surface area contributed by atoms with Crippen LogP contribution >= 0.6 is 27.7 Å². The summed E-state index contributed by atoms with van der Waals surface area (Å²) in [4.78, 5) is 17.8. The third-order valence-corrected chi connectivity index (χ3v) is 8.24. The zero-order chi connectivity index (χ0) is 20.0. The van der Waals surface area contributed by atoms with Gasteiger partial charge in [-0.15, -0.1) is 0 Å². The fraction of sp³-hybridized carbons (Fsp3) is 0.619. The molecule has 1 saturated carbocycles. The van der Waals surface area contributed by atoms with E-state index >= 15 is 0 Å². The number of aliphatic imine (C=N–C) groups is 1. The van der Waals surface area contributed by atoms with Crippen LogP contribution in [0.5, 0.6) is 5.75 Å². The zero-order valence-electron chi connectivity index (χ0n) is 16.2. The molecule has 3 heterocycles. The number of amidine groups is 1.